The van der Waals surface area contributed by atoms with Gasteiger partial charge in [0.25, 0.3) is 5.91 Å². The van der Waals surface area contributed by atoms with Crippen molar-refractivity contribution in [2.45, 2.75) is 13.1 Å². The standard InChI is InChI=1S/C14H12BrN3O2/c15-11-3-1-10(2-4-11)14(20)17-5-6-18-9-16-12(8-19)13(18)7-17/h1-4,8-9H,5-7H2. The number of fused-ring (bicyclic) bond motifs is 1. The van der Waals surface area contributed by atoms with Crippen LogP contribution in [0, 0.1) is 0 Å². The number of carbonyl (C=O) groups is 2. The topological polar surface area (TPSA) is 55.2 Å². The third-order valence-electron chi connectivity index (χ3n) is 3.42. The summed E-state index contributed by atoms with van der Waals surface area (Å²) in [6, 6.07) is 7.27. The van der Waals surface area contributed by atoms with Crippen LogP contribution in [-0.4, -0.2) is 33.2 Å². The maximum atomic E-state index is 12.4. The third kappa shape index (κ3) is 2.27. The van der Waals surface area contributed by atoms with Crippen molar-refractivity contribution in [3.8, 4) is 0 Å². The second kappa shape index (κ2) is 5.20. The molecule has 0 N–H and O–H groups in total. The molecule has 1 aromatic heterocycles. The summed E-state index contributed by atoms with van der Waals surface area (Å²) in [5.74, 6) is -0.0261. The first-order valence-electron chi connectivity index (χ1n) is 6.23. The molecular formula is C14H12BrN3O2. The van der Waals surface area contributed by atoms with Crippen molar-refractivity contribution in [2.75, 3.05) is 6.54 Å². The summed E-state index contributed by atoms with van der Waals surface area (Å²) in [6.07, 6.45) is 2.39. The molecule has 0 fully saturated rings. The zero-order valence-corrected chi connectivity index (χ0v) is 12.2. The Morgan fingerprint density at radius 3 is 2.70 bits per heavy atom. The Hall–Kier alpha value is -1.95. The zero-order valence-electron chi connectivity index (χ0n) is 10.6. The number of amides is 1. The second-order valence-corrected chi connectivity index (χ2v) is 5.54. The lowest BCUT2D eigenvalue weighted by atomic mass is 10.1. The van der Waals surface area contributed by atoms with Crippen LogP contribution in [0.1, 0.15) is 26.5 Å². The Morgan fingerprint density at radius 1 is 1.25 bits per heavy atom. The van der Waals surface area contributed by atoms with Crippen LogP contribution >= 0.6 is 15.9 Å². The highest BCUT2D eigenvalue weighted by Crippen LogP contribution is 2.18. The van der Waals surface area contributed by atoms with Crippen molar-refractivity contribution in [3.05, 3.63) is 52.0 Å². The fourth-order valence-corrected chi connectivity index (χ4v) is 2.59. The normalized spacial score (nSPS) is 13.9. The number of benzene rings is 1. The van der Waals surface area contributed by atoms with Gasteiger partial charge < -0.3 is 9.47 Å². The lowest BCUT2D eigenvalue weighted by Crippen LogP contribution is -2.38. The van der Waals surface area contributed by atoms with Crippen molar-refractivity contribution < 1.29 is 9.59 Å². The fraction of sp³-hybridized carbons (Fsp3) is 0.214. The molecular weight excluding hydrogens is 322 g/mol. The molecule has 0 aliphatic carbocycles. The van der Waals surface area contributed by atoms with Gasteiger partial charge in [-0.25, -0.2) is 4.98 Å². The van der Waals surface area contributed by atoms with E-state index in [1.165, 1.54) is 0 Å². The van der Waals surface area contributed by atoms with Gasteiger partial charge in [-0.1, -0.05) is 15.9 Å². The molecule has 0 radical (unpaired) electrons. The van der Waals surface area contributed by atoms with Crippen LogP contribution in [0.2, 0.25) is 0 Å². The lowest BCUT2D eigenvalue weighted by Gasteiger charge is -2.28. The highest BCUT2D eigenvalue weighted by molar-refractivity contribution is 9.10. The van der Waals surface area contributed by atoms with Gasteiger partial charge in [0, 0.05) is 23.1 Å². The molecule has 20 heavy (non-hydrogen) atoms. The summed E-state index contributed by atoms with van der Waals surface area (Å²) >= 11 is 3.35. The van der Waals surface area contributed by atoms with Crippen molar-refractivity contribution >= 4 is 28.1 Å². The number of halogens is 1. The molecule has 3 rings (SSSR count). The second-order valence-electron chi connectivity index (χ2n) is 4.62. The molecule has 0 unspecified atom stereocenters. The first-order chi connectivity index (χ1) is 9.69. The van der Waals surface area contributed by atoms with Gasteiger partial charge in [-0.2, -0.15) is 0 Å². The number of imidazole rings is 1. The van der Waals surface area contributed by atoms with Gasteiger partial charge in [0.15, 0.2) is 6.29 Å². The average Bonchev–Trinajstić information content (AvgIpc) is 2.89. The van der Waals surface area contributed by atoms with Crippen LogP contribution < -0.4 is 0 Å². The van der Waals surface area contributed by atoms with E-state index in [0.29, 0.717) is 30.9 Å². The predicted molar refractivity (Wildman–Crippen MR) is 76.5 cm³/mol. The van der Waals surface area contributed by atoms with E-state index in [1.54, 1.807) is 23.4 Å². The number of aromatic nitrogens is 2. The quantitative estimate of drug-likeness (QED) is 0.791. The van der Waals surface area contributed by atoms with Crippen LogP contribution in [0.5, 0.6) is 0 Å². The SMILES string of the molecule is O=Cc1ncn2c1CN(C(=O)c1ccc(Br)cc1)CC2. The smallest absolute Gasteiger partial charge is 0.254 e. The Kier molecular flexibility index (Phi) is 3.40. The zero-order chi connectivity index (χ0) is 14.1. The van der Waals surface area contributed by atoms with E-state index in [-0.39, 0.29) is 5.91 Å². The highest BCUT2D eigenvalue weighted by atomic mass is 79.9. The van der Waals surface area contributed by atoms with Gasteiger partial charge in [0.05, 0.1) is 18.6 Å². The van der Waals surface area contributed by atoms with E-state index in [2.05, 4.69) is 20.9 Å². The maximum Gasteiger partial charge on any atom is 0.254 e. The molecule has 0 saturated heterocycles. The number of hydrogen-bond donors (Lipinski definition) is 0. The minimum atomic E-state index is -0.0261. The van der Waals surface area contributed by atoms with E-state index in [0.717, 1.165) is 16.5 Å². The number of rotatable bonds is 2. The Morgan fingerprint density at radius 2 is 2.00 bits per heavy atom. The largest absolute Gasteiger partial charge is 0.331 e. The fourth-order valence-electron chi connectivity index (χ4n) is 2.32. The predicted octanol–water partition coefficient (Wildman–Crippen LogP) is 2.11. The average molecular weight is 334 g/mol. The minimum Gasteiger partial charge on any atom is -0.331 e. The first kappa shape index (κ1) is 13.1. The summed E-state index contributed by atoms with van der Waals surface area (Å²) in [5.41, 5.74) is 1.86. The molecule has 0 saturated carbocycles. The van der Waals surface area contributed by atoms with Gasteiger partial charge in [0.1, 0.15) is 5.69 Å². The molecule has 5 nitrogen and oxygen atoms in total. The minimum absolute atomic E-state index is 0.0261. The summed E-state index contributed by atoms with van der Waals surface area (Å²) in [5, 5.41) is 0. The molecule has 1 amide bonds. The molecule has 0 spiro atoms. The van der Waals surface area contributed by atoms with Gasteiger partial charge in [-0.3, -0.25) is 9.59 Å². The maximum absolute atomic E-state index is 12.4. The summed E-state index contributed by atoms with van der Waals surface area (Å²) in [4.78, 5) is 29.2. The van der Waals surface area contributed by atoms with Crippen LogP contribution in [0.15, 0.2) is 35.1 Å². The number of carbonyl (C=O) groups excluding carboxylic acids is 2. The molecule has 1 aliphatic rings. The van der Waals surface area contributed by atoms with E-state index in [9.17, 15) is 9.59 Å². The Balaban J connectivity index is 1.84. The third-order valence-corrected chi connectivity index (χ3v) is 3.95. The van der Waals surface area contributed by atoms with Crippen LogP contribution in [0.25, 0.3) is 0 Å². The molecule has 6 heteroatoms. The first-order valence-corrected chi connectivity index (χ1v) is 7.02. The van der Waals surface area contributed by atoms with Gasteiger partial charge >= 0.3 is 0 Å². The van der Waals surface area contributed by atoms with Crippen molar-refractivity contribution in [2.24, 2.45) is 0 Å². The van der Waals surface area contributed by atoms with Crippen molar-refractivity contribution in [3.63, 3.8) is 0 Å². The molecule has 2 heterocycles. The van der Waals surface area contributed by atoms with Crippen LogP contribution in [0.4, 0.5) is 0 Å². The summed E-state index contributed by atoms with van der Waals surface area (Å²) in [7, 11) is 0. The van der Waals surface area contributed by atoms with E-state index in [1.807, 2.05) is 16.7 Å². The monoisotopic (exact) mass is 333 g/mol. The van der Waals surface area contributed by atoms with Gasteiger partial charge in [-0.05, 0) is 24.3 Å². The molecule has 0 atom stereocenters. The highest BCUT2D eigenvalue weighted by Gasteiger charge is 2.24. The van der Waals surface area contributed by atoms with E-state index in [4.69, 9.17) is 0 Å². The molecule has 1 aromatic carbocycles. The van der Waals surface area contributed by atoms with Crippen molar-refractivity contribution in [1.82, 2.24) is 14.5 Å². The Bertz CT molecular complexity index is 664. The number of aldehydes is 1. The molecule has 1 aliphatic heterocycles. The lowest BCUT2D eigenvalue weighted by molar-refractivity contribution is 0.0709. The number of nitrogens with zero attached hydrogens (tertiary/aromatic N) is 3. The van der Waals surface area contributed by atoms with Gasteiger partial charge in [0.2, 0.25) is 0 Å². The number of hydrogen-bond acceptors (Lipinski definition) is 3. The summed E-state index contributed by atoms with van der Waals surface area (Å²) < 4.78 is 2.86. The van der Waals surface area contributed by atoms with Crippen LogP contribution in [0.3, 0.4) is 0 Å². The van der Waals surface area contributed by atoms with Gasteiger partial charge in [-0.15, -0.1) is 0 Å². The van der Waals surface area contributed by atoms with E-state index < -0.39 is 0 Å². The molecule has 2 aromatic rings. The van der Waals surface area contributed by atoms with E-state index >= 15 is 0 Å². The Labute approximate surface area is 124 Å². The molecule has 102 valence electrons. The summed E-state index contributed by atoms with van der Waals surface area (Å²) in [6.45, 7) is 1.71. The molecule has 0 bridgehead atoms. The van der Waals surface area contributed by atoms with Crippen molar-refractivity contribution in [1.29, 1.82) is 0 Å². The van der Waals surface area contributed by atoms with Crippen LogP contribution in [-0.2, 0) is 13.1 Å².